The third-order valence-electron chi connectivity index (χ3n) is 32.3. The number of nitrogens with zero attached hydrogens (tertiary/aromatic N) is 3. The van der Waals surface area contributed by atoms with Gasteiger partial charge in [0.15, 0.2) is 36.7 Å². The van der Waals surface area contributed by atoms with Gasteiger partial charge < -0.3 is 116 Å². The van der Waals surface area contributed by atoms with E-state index in [1.807, 2.05) is 52.2 Å². The minimum absolute atomic E-state index is 0. The van der Waals surface area contributed by atoms with Crippen LogP contribution in [0, 0.1) is 71.0 Å². The normalized spacial score (nSPS) is 42.0. The summed E-state index contributed by atoms with van der Waals surface area (Å²) in [5.74, 6) is 0.340. The number of hydrogen-bond donors (Lipinski definition) is 5. The summed E-state index contributed by atoms with van der Waals surface area (Å²) in [5, 5.41) is 23.8. The second-order valence-electron chi connectivity index (χ2n) is 39.8. The molecule has 6 unspecified atom stereocenters. The second kappa shape index (κ2) is 42.7. The highest BCUT2D eigenvalue weighted by atomic mass is 16.7. The van der Waals surface area contributed by atoms with E-state index in [0.717, 1.165) is 123 Å². The molecule has 0 radical (unpaired) electrons. The van der Waals surface area contributed by atoms with Gasteiger partial charge in [-0.05, 0) is 264 Å². The third kappa shape index (κ3) is 20.5. The van der Waals surface area contributed by atoms with E-state index < -0.39 is 37.8 Å². The highest BCUT2D eigenvalue weighted by Gasteiger charge is 2.70. The number of anilines is 1. The number of cyclic esters (lactones) is 2. The van der Waals surface area contributed by atoms with Crippen molar-refractivity contribution in [2.75, 3.05) is 75.7 Å². The number of fused-ring (bicyclic) bond motifs is 18. The highest BCUT2D eigenvalue weighted by molar-refractivity contribution is 6.58. The number of ether oxygens (including phenoxy) is 16. The molecule has 38 atom stereocenters. The maximum atomic E-state index is 15.2. The van der Waals surface area contributed by atoms with Gasteiger partial charge in [-0.25, -0.2) is 0 Å². The first kappa shape index (κ1) is 99.4. The number of H-pyrrole nitrogens is 2. The number of aromatic nitrogens is 2. The molecule has 10 heterocycles. The van der Waals surface area contributed by atoms with Crippen LogP contribution >= 0.6 is 0 Å². The van der Waals surface area contributed by atoms with E-state index in [1.54, 1.807) is 54.8 Å². The van der Waals surface area contributed by atoms with E-state index in [2.05, 4.69) is 122 Å². The number of likely N-dealkylation sites (N-methyl/N-ethyl adjacent to an activating group) is 2. The summed E-state index contributed by atoms with van der Waals surface area (Å²) in [6.07, 6.45) is 16.2. The summed E-state index contributed by atoms with van der Waals surface area (Å²) < 4.78 is 101. The van der Waals surface area contributed by atoms with Crippen molar-refractivity contribution < 1.29 is 105 Å². The molecule has 8 aliphatic heterocycles. The molecular weight excluding hydrogens is 1650 g/mol. The number of carbonyl (C=O) groups is 4. The van der Waals surface area contributed by atoms with E-state index in [-0.39, 0.29) is 215 Å². The van der Waals surface area contributed by atoms with Crippen LogP contribution in [0.4, 0.5) is 5.69 Å². The Morgan fingerprint density at radius 1 is 0.473 bits per heavy atom. The van der Waals surface area contributed by atoms with Crippen LogP contribution in [0.1, 0.15) is 186 Å². The molecule has 129 heavy (non-hydrogen) atoms. The molecule has 4 aromatic rings. The fraction of sp³-hybridized carbons (Fsp3) is 0.760. The maximum absolute atomic E-state index is 15.2. The van der Waals surface area contributed by atoms with Gasteiger partial charge in [-0.15, -0.1) is 0 Å². The number of aromatic amines is 2. The summed E-state index contributed by atoms with van der Waals surface area (Å²) in [6.45, 7) is 16.5. The quantitative estimate of drug-likeness (QED) is 0.0312. The molecule has 2 aromatic heterocycles. The van der Waals surface area contributed by atoms with Crippen molar-refractivity contribution in [3.05, 3.63) is 84.2 Å². The minimum atomic E-state index is -1.39. The third-order valence-corrected chi connectivity index (χ3v) is 32.3. The lowest BCUT2D eigenvalue weighted by molar-refractivity contribution is -0.314. The molecule has 14 aliphatic rings. The molecule has 0 spiro atoms. The Hall–Kier alpha value is -5.62. The number of nitrogens with one attached hydrogen (secondary N) is 3. The average molecular weight is 1800 g/mol. The Bertz CT molecular complexity index is 4450. The Morgan fingerprint density at radius 2 is 0.915 bits per heavy atom. The number of hydrogen-bond acceptors (Lipinski definition) is 26. The van der Waals surface area contributed by atoms with E-state index in [0.29, 0.717) is 54.2 Å². The van der Waals surface area contributed by atoms with Crippen molar-refractivity contribution in [1.29, 1.82) is 0 Å². The zero-order valence-corrected chi connectivity index (χ0v) is 78.1. The van der Waals surface area contributed by atoms with Gasteiger partial charge in [-0.2, -0.15) is 0 Å². The average Bonchev–Trinajstić information content (AvgIpc) is 1.51. The van der Waals surface area contributed by atoms with E-state index >= 15 is 4.79 Å². The summed E-state index contributed by atoms with van der Waals surface area (Å²) in [6, 6.07) is 17.6. The molecule has 4 saturated carbocycles. The zero-order chi connectivity index (χ0) is 89.8. The van der Waals surface area contributed by atoms with Crippen LogP contribution in [-0.4, -0.2) is 290 Å². The van der Waals surface area contributed by atoms with Crippen LogP contribution in [-0.2, 0) is 95.0 Å². The van der Waals surface area contributed by atoms with Crippen LogP contribution in [0.15, 0.2) is 84.2 Å². The monoisotopic (exact) mass is 1800 g/mol. The van der Waals surface area contributed by atoms with Crippen LogP contribution in [0.25, 0.3) is 21.8 Å². The highest BCUT2D eigenvalue weighted by Crippen LogP contribution is 2.66. The van der Waals surface area contributed by atoms with Crippen molar-refractivity contribution in [3.63, 3.8) is 0 Å². The van der Waals surface area contributed by atoms with Crippen molar-refractivity contribution >= 4 is 63.6 Å². The van der Waals surface area contributed by atoms with Crippen LogP contribution in [0.5, 0.6) is 0 Å². The minimum Gasteiger partial charge on any atom is -0.462 e. The first-order valence-electron chi connectivity index (χ1n) is 47.9. The fourth-order valence-electron chi connectivity index (χ4n) is 25.9. The van der Waals surface area contributed by atoms with Gasteiger partial charge >= 0.3 is 19.1 Å². The zero-order valence-electron chi connectivity index (χ0n) is 78.1. The molecule has 0 amide bonds. The molecule has 718 valence electrons. The first-order valence-corrected chi connectivity index (χ1v) is 47.9. The number of methoxy groups -OCH3 is 6. The molecule has 5 N–H and O–H groups in total. The van der Waals surface area contributed by atoms with E-state index in [1.165, 1.54) is 5.39 Å². The van der Waals surface area contributed by atoms with Crippen LogP contribution in [0.2, 0.25) is 0 Å². The molecule has 29 heteroatoms. The Morgan fingerprint density at radius 3 is 1.37 bits per heavy atom. The number of carbonyl (C=O) groups excluding carboxylic acids is 4. The molecule has 28 nitrogen and oxygen atoms in total. The number of Topliss-reactive ketones (excluding diaryl/α,β-unsaturated/α-hetero) is 2. The van der Waals surface area contributed by atoms with Gasteiger partial charge in [-0.3, -0.25) is 19.2 Å². The van der Waals surface area contributed by atoms with Crippen molar-refractivity contribution in [3.8, 4) is 0 Å². The first-order chi connectivity index (χ1) is 61.2. The largest absolute Gasteiger partial charge is 0.488 e. The Labute approximate surface area is 765 Å². The van der Waals surface area contributed by atoms with Crippen molar-refractivity contribution in [1.82, 2.24) is 25.1 Å². The SMILES string of the molecule is C.C.CC[C@H]1CCC[C@H](O[C@H]2CC[C@H](N(C)C)C(C)O2)[C@@H](C)C(=O)C2=C[C@H]3[C@@H]4C[C@H](O[C@@H]5OC(C)[C@H](OC)C(OC)[C@@H]5OC)C[C@H]4[C@@H]4N[C@@H]4[C@H]3[C@@H]2CC(=O)O1.CC[C@H]1CCC[C@H](O[C@H]2CC[C@H](N(C)C)C(C)O2)[C@@H](C)C(=O)C2=C[C@H]3[C@@H]4C[C@H](O[C@@H]5OC(C)[C@H](OC)C(OC)[C@@H]5OC)C[C@H]4[C@H]4[C@@H]([C@H]3[C@@H]2CC(=O)O1)N4c1ccc2cc[nH]c2c1.OB(O)c1ccc2cc[nH]c2c1. The maximum Gasteiger partial charge on any atom is 0.488 e. The van der Waals surface area contributed by atoms with Gasteiger partial charge in [0.2, 0.25) is 0 Å². The van der Waals surface area contributed by atoms with Crippen molar-refractivity contribution in [2.24, 2.45) is 71.0 Å². The van der Waals surface area contributed by atoms with Gasteiger partial charge in [0.05, 0.1) is 73.8 Å². The van der Waals surface area contributed by atoms with Gasteiger partial charge in [-0.1, -0.05) is 72.9 Å². The van der Waals surface area contributed by atoms with E-state index in [4.69, 9.17) is 85.8 Å². The van der Waals surface area contributed by atoms with Crippen LogP contribution < -0.4 is 15.7 Å². The molecule has 2 aromatic carbocycles. The van der Waals surface area contributed by atoms with Gasteiger partial charge in [0, 0.05) is 120 Å². The lowest BCUT2D eigenvalue weighted by Gasteiger charge is -2.44. The Balaban J connectivity index is 0.000000183. The van der Waals surface area contributed by atoms with Crippen molar-refractivity contribution in [2.45, 2.75) is 345 Å². The molecule has 12 fully saturated rings. The molecule has 18 rings (SSSR count). The summed E-state index contributed by atoms with van der Waals surface area (Å²) in [7, 11) is 17.0. The molecule has 8 saturated heterocycles. The van der Waals surface area contributed by atoms with E-state index in [9.17, 15) is 14.4 Å². The lowest BCUT2D eigenvalue weighted by Crippen LogP contribution is -2.59. The van der Waals surface area contributed by atoms with Crippen LogP contribution in [0.3, 0.4) is 0 Å². The summed E-state index contributed by atoms with van der Waals surface area (Å²) in [4.78, 5) is 71.2. The molecule has 0 bridgehead atoms. The van der Waals surface area contributed by atoms with Gasteiger partial charge in [0.1, 0.15) is 48.8 Å². The number of rotatable bonds is 20. The predicted molar refractivity (Wildman–Crippen MR) is 491 cm³/mol. The summed E-state index contributed by atoms with van der Waals surface area (Å²) >= 11 is 0. The topological polar surface area (TPSA) is 319 Å². The molecular formula is C100H153BN6O22. The predicted octanol–water partition coefficient (Wildman–Crippen LogP) is 12.1. The number of benzene rings is 2. The number of ketones is 2. The smallest absolute Gasteiger partial charge is 0.462 e. The number of esters is 2. The number of allylic oxidation sites excluding steroid dienone is 4. The standard InChI is InChI=1S/C49H71N3O10.C41H66N2O10.C8H8BNO2.2CH4/c1-10-30-12-11-13-39(62-41-17-16-38(51(5)6)26(3)58-41)25(2)45(54)36-23-33-32-21-31(61-49-48(57-9)47(56-8)46(55-7)27(4)59-49)22-35(32)43-44(42(33)34(36)24-40(53)60-30)52(43)29-15-14-28-18-19-50-37(28)20-29;1-10-23-12-11-13-31(53-33-15-14-30(43(5)6)21(3)49-33)20(2)37(45)29-18-26-25-16-24(52-41-40(48-9)39(47-8)38(46-7)22(4)50-41)17-28(25)35-36(42-35)34(26)27(29)19-32(44)51-23;11-9(12)7-2-1-6-3-4-10-8(6)5-7;;/h14-15,18-20,23,25-27,30-35,38-39,41-44,46-50H,10-13,16-17,21-22,24H2,1-9H3;18,20-28,30-31,33-36,38-42H,10-17,19H2,1-9H3;1-5,10-12H;2*1H4/t25-,26?,27?,30+,31+,32+,33+,34-,35-,38+,39+,41+,42-,43+,44-,46+,47?,48+,49+,52?;20-,21?,22?,23+,24+,25+,26+,27-,28-,30+,31+,33+,34-,35+,36-,38+,39?,40+,41+;;;/m11.../s1. The summed E-state index contributed by atoms with van der Waals surface area (Å²) in [5.41, 5.74) is 5.26. The Kier molecular flexibility index (Phi) is 32.9. The fourth-order valence-corrected chi connectivity index (χ4v) is 25.9. The lowest BCUT2D eigenvalue weighted by atomic mass is 9.66. The second-order valence-corrected chi connectivity index (χ2v) is 39.8. The van der Waals surface area contributed by atoms with Gasteiger partial charge in [0.25, 0.3) is 0 Å². The molecule has 6 aliphatic carbocycles.